The number of hydrogen-bond acceptors (Lipinski definition) is 5. The van der Waals surface area contributed by atoms with Crippen LogP contribution in [0.3, 0.4) is 0 Å². The van der Waals surface area contributed by atoms with Crippen molar-refractivity contribution in [3.05, 3.63) is 59.3 Å². The highest BCUT2D eigenvalue weighted by Crippen LogP contribution is 2.52. The fourth-order valence-electron chi connectivity index (χ4n) is 4.87. The lowest BCUT2D eigenvalue weighted by Gasteiger charge is -2.22. The van der Waals surface area contributed by atoms with Crippen molar-refractivity contribution in [2.45, 2.75) is 70.0 Å². The smallest absolute Gasteiger partial charge is 0.395 e. The second-order valence-corrected chi connectivity index (χ2v) is 10.3. The molecule has 6 nitrogen and oxygen atoms in total. The molecule has 1 aliphatic carbocycles. The molecular formula is C26H27F2NO5. The molecule has 180 valence electrons. The Kier molecular flexibility index (Phi) is 5.04. The number of halogens is 2. The van der Waals surface area contributed by atoms with E-state index in [9.17, 15) is 23.8 Å². The number of aromatic nitrogens is 1. The Labute approximate surface area is 195 Å². The first kappa shape index (κ1) is 22.8. The molecule has 0 spiro atoms. The average Bonchev–Trinajstić information content (AvgIpc) is 3.37. The van der Waals surface area contributed by atoms with E-state index in [4.69, 9.17) is 0 Å². The maximum absolute atomic E-state index is 13.4. The predicted octanol–water partition coefficient (Wildman–Crippen LogP) is 4.41. The Balaban J connectivity index is 1.42. The summed E-state index contributed by atoms with van der Waals surface area (Å²) in [6.45, 7) is 6.23. The van der Waals surface area contributed by atoms with Crippen LogP contribution in [0.5, 0.6) is 11.5 Å². The normalized spacial score (nSPS) is 18.0. The van der Waals surface area contributed by atoms with Gasteiger partial charge in [-0.2, -0.15) is 0 Å². The highest BCUT2D eigenvalue weighted by Gasteiger charge is 2.52. The number of fused-ring (bicyclic) bond motifs is 2. The van der Waals surface area contributed by atoms with Crippen molar-refractivity contribution in [2.75, 3.05) is 0 Å². The zero-order valence-corrected chi connectivity index (χ0v) is 19.3. The zero-order valence-electron chi connectivity index (χ0n) is 19.3. The molecule has 5 rings (SSSR count). The fraction of sp³-hybridized carbons (Fsp3) is 0.423. The number of benzene rings is 2. The summed E-state index contributed by atoms with van der Waals surface area (Å²) in [5.41, 5.74) is 2.43. The molecule has 1 fully saturated rings. The molecule has 1 aromatic heterocycles. The van der Waals surface area contributed by atoms with Crippen molar-refractivity contribution in [2.24, 2.45) is 0 Å². The van der Waals surface area contributed by atoms with Crippen LogP contribution in [0.25, 0.3) is 10.9 Å². The minimum absolute atomic E-state index is 0.0266. The molecule has 2 heterocycles. The topological polar surface area (TPSA) is 80.9 Å². The van der Waals surface area contributed by atoms with Crippen LogP contribution >= 0.6 is 0 Å². The van der Waals surface area contributed by atoms with Crippen molar-refractivity contribution >= 4 is 16.7 Å². The van der Waals surface area contributed by atoms with Crippen LogP contribution in [0.15, 0.2) is 42.5 Å². The summed E-state index contributed by atoms with van der Waals surface area (Å²) in [6, 6.07) is 12.3. The number of nitrogens with zero attached hydrogens (tertiary/aromatic N) is 1. The number of Topliss-reactive ketones (excluding diaryl/α,β-unsaturated/α-hetero) is 1. The van der Waals surface area contributed by atoms with Gasteiger partial charge in [0.2, 0.25) is 0 Å². The number of alkyl halides is 2. The van der Waals surface area contributed by atoms with Crippen molar-refractivity contribution in [1.29, 1.82) is 0 Å². The van der Waals surface area contributed by atoms with E-state index in [1.807, 2.05) is 28.8 Å². The van der Waals surface area contributed by atoms with Gasteiger partial charge in [-0.05, 0) is 54.3 Å². The summed E-state index contributed by atoms with van der Waals surface area (Å²) in [4.78, 5) is 13.3. The molecule has 1 saturated carbocycles. The Bertz CT molecular complexity index is 1280. The van der Waals surface area contributed by atoms with Crippen LogP contribution in [0.4, 0.5) is 8.78 Å². The van der Waals surface area contributed by atoms with Gasteiger partial charge in [0.15, 0.2) is 17.8 Å². The number of ketones is 1. The van der Waals surface area contributed by atoms with E-state index in [-0.39, 0.29) is 35.7 Å². The molecule has 8 heteroatoms. The first-order chi connectivity index (χ1) is 15.9. The zero-order chi connectivity index (χ0) is 24.5. The van der Waals surface area contributed by atoms with Crippen LogP contribution in [-0.4, -0.2) is 33.1 Å². The molecule has 2 N–H and O–H groups in total. The van der Waals surface area contributed by atoms with Gasteiger partial charge in [0.05, 0.1) is 12.0 Å². The fourth-order valence-corrected chi connectivity index (χ4v) is 4.87. The molecule has 0 unspecified atom stereocenters. The molecular weight excluding hydrogens is 444 g/mol. The highest BCUT2D eigenvalue weighted by molar-refractivity contribution is 5.95. The SMILES string of the molecule is CC(C)(C)c1cc2cc(CC(=O)C3(c4ccc5c(c4)OC(F)(F)O5)CC3)ccc2n1CC(O)O. The highest BCUT2D eigenvalue weighted by atomic mass is 19.3. The second-order valence-electron chi connectivity index (χ2n) is 10.3. The van der Waals surface area contributed by atoms with E-state index in [2.05, 4.69) is 30.2 Å². The molecule has 0 bridgehead atoms. The van der Waals surface area contributed by atoms with Crippen molar-refractivity contribution in [3.63, 3.8) is 0 Å². The van der Waals surface area contributed by atoms with Gasteiger partial charge < -0.3 is 24.3 Å². The predicted molar refractivity (Wildman–Crippen MR) is 121 cm³/mol. The van der Waals surface area contributed by atoms with Crippen molar-refractivity contribution < 1.29 is 33.3 Å². The van der Waals surface area contributed by atoms with E-state index < -0.39 is 18.0 Å². The molecule has 34 heavy (non-hydrogen) atoms. The lowest BCUT2D eigenvalue weighted by Crippen LogP contribution is -2.26. The Morgan fingerprint density at radius 1 is 1.06 bits per heavy atom. The van der Waals surface area contributed by atoms with Gasteiger partial charge in [-0.15, -0.1) is 8.78 Å². The number of ether oxygens (including phenoxy) is 2. The van der Waals surface area contributed by atoms with Crippen LogP contribution in [0.2, 0.25) is 0 Å². The average molecular weight is 472 g/mol. The van der Waals surface area contributed by atoms with Gasteiger partial charge in [0.1, 0.15) is 5.78 Å². The van der Waals surface area contributed by atoms with Crippen molar-refractivity contribution in [1.82, 2.24) is 4.57 Å². The number of aliphatic hydroxyl groups is 2. The summed E-state index contributed by atoms with van der Waals surface area (Å²) in [7, 11) is 0. The van der Waals surface area contributed by atoms with Gasteiger partial charge in [0.25, 0.3) is 0 Å². The number of carbonyl (C=O) groups excluding carboxylic acids is 1. The summed E-state index contributed by atoms with van der Waals surface area (Å²) in [5, 5.41) is 20.1. The minimum Gasteiger partial charge on any atom is -0.395 e. The molecule has 0 atom stereocenters. The van der Waals surface area contributed by atoms with Gasteiger partial charge in [-0.1, -0.05) is 32.9 Å². The van der Waals surface area contributed by atoms with E-state index in [0.29, 0.717) is 18.4 Å². The van der Waals surface area contributed by atoms with Crippen molar-refractivity contribution in [3.8, 4) is 11.5 Å². The van der Waals surface area contributed by atoms with Crippen LogP contribution in [0, 0.1) is 0 Å². The first-order valence-corrected chi connectivity index (χ1v) is 11.3. The summed E-state index contributed by atoms with van der Waals surface area (Å²) in [5.74, 6) is -0.0570. The molecule has 3 aromatic rings. The summed E-state index contributed by atoms with van der Waals surface area (Å²) < 4.78 is 37.7. The van der Waals surface area contributed by atoms with E-state index in [1.165, 1.54) is 12.1 Å². The van der Waals surface area contributed by atoms with Crippen LogP contribution in [-0.2, 0) is 28.6 Å². The molecule has 0 amide bonds. The number of rotatable bonds is 6. The first-order valence-electron chi connectivity index (χ1n) is 11.3. The number of aliphatic hydroxyl groups excluding tert-OH is 1. The maximum Gasteiger partial charge on any atom is 0.586 e. The maximum atomic E-state index is 13.4. The third-order valence-corrected chi connectivity index (χ3v) is 6.68. The Hall–Kier alpha value is -2.97. The summed E-state index contributed by atoms with van der Waals surface area (Å²) in [6.07, 6.45) is -3.65. The van der Waals surface area contributed by atoms with Gasteiger partial charge in [0, 0.05) is 28.4 Å². The van der Waals surface area contributed by atoms with Crippen LogP contribution < -0.4 is 9.47 Å². The Morgan fingerprint density at radius 2 is 1.76 bits per heavy atom. The monoisotopic (exact) mass is 471 g/mol. The Morgan fingerprint density at radius 3 is 2.41 bits per heavy atom. The van der Waals surface area contributed by atoms with E-state index in [1.54, 1.807) is 6.07 Å². The lowest BCUT2D eigenvalue weighted by atomic mass is 9.87. The summed E-state index contributed by atoms with van der Waals surface area (Å²) >= 11 is 0. The van der Waals surface area contributed by atoms with Gasteiger partial charge in [-0.25, -0.2) is 0 Å². The third kappa shape index (κ3) is 3.95. The molecule has 2 aliphatic rings. The molecule has 1 aliphatic heterocycles. The molecule has 2 aromatic carbocycles. The van der Waals surface area contributed by atoms with E-state index >= 15 is 0 Å². The standard InChI is InChI=1S/C26H27F2NO5/c1-24(2,3)21-12-16-10-15(4-6-18(16)29(21)14-23(31)32)11-22(30)25(8-9-25)17-5-7-19-20(13-17)34-26(27,28)33-19/h4-7,10,12-13,23,31-32H,8-9,11,14H2,1-3H3. The van der Waals surface area contributed by atoms with Crippen LogP contribution in [0.1, 0.15) is 50.4 Å². The minimum atomic E-state index is -3.69. The number of hydrogen-bond donors (Lipinski definition) is 2. The van der Waals surface area contributed by atoms with Gasteiger partial charge in [-0.3, -0.25) is 4.79 Å². The molecule has 0 radical (unpaired) electrons. The third-order valence-electron chi connectivity index (χ3n) is 6.68. The quantitative estimate of drug-likeness (QED) is 0.521. The largest absolute Gasteiger partial charge is 0.586 e. The lowest BCUT2D eigenvalue weighted by molar-refractivity contribution is -0.286. The number of carbonyl (C=O) groups is 1. The molecule has 0 saturated heterocycles. The van der Waals surface area contributed by atoms with Gasteiger partial charge >= 0.3 is 6.29 Å². The second kappa shape index (κ2) is 7.52. The van der Waals surface area contributed by atoms with E-state index in [0.717, 1.165) is 22.2 Å².